The molecule has 0 N–H and O–H groups in total. The first-order chi connectivity index (χ1) is 20.0. The second-order valence-electron chi connectivity index (χ2n) is 12.7. The number of hydrogen-bond acceptors (Lipinski definition) is 0. The van der Waals surface area contributed by atoms with Crippen LogP contribution in [-0.4, -0.2) is 48.8 Å². The molecule has 0 bridgehead atoms. The van der Waals surface area contributed by atoms with Gasteiger partial charge in [0.2, 0.25) is 0 Å². The van der Waals surface area contributed by atoms with Crippen molar-refractivity contribution >= 4 is 11.4 Å². The maximum Gasteiger partial charge on any atom is 0.155 e. The maximum atomic E-state index is 2.38. The van der Waals surface area contributed by atoms with Gasteiger partial charge in [-0.05, 0) is 61.8 Å². The standard InChI is InChI=1S/2C20H26N.2BrH/c2*1-17(21(3)4)20(2,15-18-11-7-5-8-12-18)16-19-13-9-6-10-14-19;;/h2*5-14H,15-16H2,1-4H3;2*1H/q2*+1;;/p-2. The Balaban J connectivity index is 0.000000421. The van der Waals surface area contributed by atoms with Crippen LogP contribution in [0.4, 0.5) is 0 Å². The first kappa shape index (κ1) is 39.2. The quantitative estimate of drug-likeness (QED) is 0.176. The fourth-order valence-corrected chi connectivity index (χ4v) is 5.90. The molecule has 0 aliphatic rings. The van der Waals surface area contributed by atoms with E-state index in [1.807, 2.05) is 0 Å². The molecule has 0 saturated carbocycles. The first-order valence-electron chi connectivity index (χ1n) is 15.2. The highest BCUT2D eigenvalue weighted by molar-refractivity contribution is 5.84. The van der Waals surface area contributed by atoms with Crippen molar-refractivity contribution in [3.63, 3.8) is 0 Å². The topological polar surface area (TPSA) is 6.02 Å². The summed E-state index contributed by atoms with van der Waals surface area (Å²) >= 11 is 0. The van der Waals surface area contributed by atoms with Gasteiger partial charge in [-0.1, -0.05) is 121 Å². The lowest BCUT2D eigenvalue weighted by atomic mass is 9.74. The summed E-state index contributed by atoms with van der Waals surface area (Å²) in [5, 5.41) is 0. The van der Waals surface area contributed by atoms with E-state index in [2.05, 4.69) is 186 Å². The molecule has 0 heterocycles. The average molecular weight is 721 g/mol. The summed E-state index contributed by atoms with van der Waals surface area (Å²) in [4.78, 5) is 0. The number of halogens is 2. The lowest BCUT2D eigenvalue weighted by molar-refractivity contribution is -0.469. The monoisotopic (exact) mass is 718 g/mol. The third kappa shape index (κ3) is 11.9. The Morgan fingerprint density at radius 3 is 0.750 bits per heavy atom. The van der Waals surface area contributed by atoms with Crippen molar-refractivity contribution in [3.05, 3.63) is 144 Å². The van der Waals surface area contributed by atoms with Gasteiger partial charge < -0.3 is 34.0 Å². The van der Waals surface area contributed by atoms with Crippen LogP contribution in [0, 0.1) is 10.8 Å². The van der Waals surface area contributed by atoms with Crippen LogP contribution < -0.4 is 34.0 Å². The predicted molar refractivity (Wildman–Crippen MR) is 182 cm³/mol. The smallest absolute Gasteiger partial charge is 0.155 e. The first-order valence-corrected chi connectivity index (χ1v) is 15.2. The van der Waals surface area contributed by atoms with Gasteiger partial charge in [0.15, 0.2) is 11.4 Å². The lowest BCUT2D eigenvalue weighted by Crippen LogP contribution is -3.00. The van der Waals surface area contributed by atoms with Crippen molar-refractivity contribution in [1.29, 1.82) is 0 Å². The Morgan fingerprint density at radius 2 is 0.591 bits per heavy atom. The number of nitrogens with zero attached hydrogens (tertiary/aromatic N) is 2. The summed E-state index contributed by atoms with van der Waals surface area (Å²) in [6.45, 7) is 9.27. The second-order valence-corrected chi connectivity index (χ2v) is 12.7. The molecule has 44 heavy (non-hydrogen) atoms. The van der Waals surface area contributed by atoms with Gasteiger partial charge in [0.25, 0.3) is 0 Å². The fourth-order valence-electron chi connectivity index (χ4n) is 5.90. The Bertz CT molecular complexity index is 1230. The molecule has 4 aromatic rings. The minimum absolute atomic E-state index is 0. The number of benzene rings is 4. The zero-order valence-corrected chi connectivity index (χ0v) is 31.2. The van der Waals surface area contributed by atoms with Gasteiger partial charge in [-0.15, -0.1) is 0 Å². The number of hydrogen-bond donors (Lipinski definition) is 0. The molecule has 4 aromatic carbocycles. The lowest BCUT2D eigenvalue weighted by Gasteiger charge is -2.28. The van der Waals surface area contributed by atoms with E-state index in [9.17, 15) is 0 Å². The summed E-state index contributed by atoms with van der Waals surface area (Å²) in [5.74, 6) is 0. The van der Waals surface area contributed by atoms with Crippen molar-refractivity contribution in [2.45, 2.75) is 53.4 Å². The van der Waals surface area contributed by atoms with Gasteiger partial charge in [-0.3, -0.25) is 0 Å². The SMILES string of the molecule is CC(=[N+](C)C)C(C)(Cc1ccccc1)Cc1ccccc1.CC(=[N+](C)C)C(C)(Cc1ccccc1)Cc1ccccc1.[Br-].[Br-]. The van der Waals surface area contributed by atoms with E-state index < -0.39 is 0 Å². The van der Waals surface area contributed by atoms with Crippen molar-refractivity contribution in [2.75, 3.05) is 28.2 Å². The molecular formula is C40H52Br2N2. The van der Waals surface area contributed by atoms with E-state index in [1.165, 1.54) is 33.7 Å². The molecule has 0 spiro atoms. The van der Waals surface area contributed by atoms with Crippen LogP contribution in [0.2, 0.25) is 0 Å². The van der Waals surface area contributed by atoms with Crippen molar-refractivity contribution < 1.29 is 43.1 Å². The van der Waals surface area contributed by atoms with Crippen LogP contribution in [-0.2, 0) is 25.7 Å². The van der Waals surface area contributed by atoms with Crippen molar-refractivity contribution in [2.24, 2.45) is 10.8 Å². The van der Waals surface area contributed by atoms with E-state index in [0.717, 1.165) is 25.7 Å². The Hall–Kier alpha value is -2.82. The molecular weight excluding hydrogens is 668 g/mol. The minimum atomic E-state index is 0. The highest BCUT2D eigenvalue weighted by Crippen LogP contribution is 2.30. The molecule has 0 aromatic heterocycles. The third-order valence-electron chi connectivity index (χ3n) is 8.84. The highest BCUT2D eigenvalue weighted by Gasteiger charge is 2.34. The summed E-state index contributed by atoms with van der Waals surface area (Å²) in [7, 11) is 8.57. The molecule has 0 amide bonds. The van der Waals surface area contributed by atoms with Crippen molar-refractivity contribution in [3.8, 4) is 0 Å². The van der Waals surface area contributed by atoms with E-state index in [0.29, 0.717) is 0 Å². The normalized spacial score (nSPS) is 10.7. The third-order valence-corrected chi connectivity index (χ3v) is 8.84. The molecule has 2 nitrogen and oxygen atoms in total. The van der Waals surface area contributed by atoms with Crippen LogP contribution in [0.1, 0.15) is 49.9 Å². The average Bonchev–Trinajstić information content (AvgIpc) is 2.98. The molecule has 0 radical (unpaired) electrons. The molecule has 0 aliphatic carbocycles. The molecule has 236 valence electrons. The Morgan fingerprint density at radius 1 is 0.409 bits per heavy atom. The highest BCUT2D eigenvalue weighted by atomic mass is 79.9. The molecule has 4 rings (SSSR count). The number of rotatable bonds is 10. The van der Waals surface area contributed by atoms with Gasteiger partial charge in [0.1, 0.15) is 28.2 Å². The summed E-state index contributed by atoms with van der Waals surface area (Å²) < 4.78 is 4.51. The van der Waals surface area contributed by atoms with Gasteiger partial charge in [0, 0.05) is 13.8 Å². The van der Waals surface area contributed by atoms with E-state index in [-0.39, 0.29) is 44.8 Å². The van der Waals surface area contributed by atoms with Gasteiger partial charge in [-0.25, -0.2) is 9.15 Å². The van der Waals surface area contributed by atoms with Gasteiger partial charge in [0.05, 0.1) is 10.8 Å². The second kappa shape index (κ2) is 18.9. The van der Waals surface area contributed by atoms with Gasteiger partial charge >= 0.3 is 0 Å². The minimum Gasteiger partial charge on any atom is -1.00 e. The Labute approximate surface area is 289 Å². The Kier molecular flexibility index (Phi) is 16.8. The summed E-state index contributed by atoms with van der Waals surface area (Å²) in [5.41, 5.74) is 8.72. The molecule has 0 unspecified atom stereocenters. The van der Waals surface area contributed by atoms with Crippen LogP contribution >= 0.6 is 0 Å². The van der Waals surface area contributed by atoms with E-state index >= 15 is 0 Å². The van der Waals surface area contributed by atoms with Crippen molar-refractivity contribution in [1.82, 2.24) is 0 Å². The zero-order valence-electron chi connectivity index (χ0n) is 28.0. The van der Waals surface area contributed by atoms with Crippen LogP contribution in [0.15, 0.2) is 121 Å². The van der Waals surface area contributed by atoms with E-state index in [4.69, 9.17) is 0 Å². The molecule has 0 atom stereocenters. The predicted octanol–water partition coefficient (Wildman–Crippen LogP) is 2.43. The molecule has 0 aliphatic heterocycles. The van der Waals surface area contributed by atoms with Gasteiger partial charge in [-0.2, -0.15) is 0 Å². The zero-order chi connectivity index (χ0) is 30.6. The van der Waals surface area contributed by atoms with Crippen LogP contribution in [0.25, 0.3) is 0 Å². The van der Waals surface area contributed by atoms with Crippen LogP contribution in [0.3, 0.4) is 0 Å². The van der Waals surface area contributed by atoms with E-state index in [1.54, 1.807) is 0 Å². The maximum absolute atomic E-state index is 2.38. The largest absolute Gasteiger partial charge is 1.00 e. The summed E-state index contributed by atoms with van der Waals surface area (Å²) in [6.07, 6.45) is 4.25. The summed E-state index contributed by atoms with van der Waals surface area (Å²) in [6, 6.07) is 43.2. The molecule has 0 fully saturated rings. The van der Waals surface area contributed by atoms with Crippen LogP contribution in [0.5, 0.6) is 0 Å². The molecule has 0 saturated heterocycles. The fraction of sp³-hybridized carbons (Fsp3) is 0.350. The molecule has 4 heteroatoms.